The lowest BCUT2D eigenvalue weighted by Gasteiger charge is -2.12. The Labute approximate surface area is 125 Å². The van der Waals surface area contributed by atoms with E-state index in [1.165, 1.54) is 51.4 Å². The average molecular weight is 286 g/mol. The van der Waals surface area contributed by atoms with Crippen LogP contribution in [0.4, 0.5) is 0 Å². The van der Waals surface area contributed by atoms with E-state index in [-0.39, 0.29) is 0 Å². The van der Waals surface area contributed by atoms with E-state index in [1.807, 2.05) is 6.92 Å². The van der Waals surface area contributed by atoms with Crippen molar-refractivity contribution >= 4 is 5.97 Å². The molecule has 0 rings (SSSR count). The zero-order valence-corrected chi connectivity index (χ0v) is 13.5. The molecule has 0 bridgehead atoms. The smallest absolute Gasteiger partial charge is 0.332 e. The van der Waals surface area contributed by atoms with Crippen molar-refractivity contribution in [1.82, 2.24) is 0 Å². The van der Waals surface area contributed by atoms with E-state index >= 15 is 0 Å². The molecule has 0 aromatic rings. The molecule has 0 aromatic heterocycles. The third-order valence-corrected chi connectivity index (χ3v) is 3.64. The molecule has 0 amide bonds. The fourth-order valence-corrected chi connectivity index (χ4v) is 2.36. The molecule has 0 heterocycles. The van der Waals surface area contributed by atoms with Gasteiger partial charge < -0.3 is 9.84 Å². The Hall–Kier alpha value is -0.570. The summed E-state index contributed by atoms with van der Waals surface area (Å²) >= 11 is 0. The summed E-state index contributed by atoms with van der Waals surface area (Å²) in [6, 6.07) is 0. The summed E-state index contributed by atoms with van der Waals surface area (Å²) in [5.41, 5.74) is 0. The topological polar surface area (TPSA) is 46.5 Å². The number of ether oxygens (including phenoxy) is 1. The van der Waals surface area contributed by atoms with Crippen molar-refractivity contribution in [1.29, 1.82) is 0 Å². The summed E-state index contributed by atoms with van der Waals surface area (Å²) in [6.07, 6.45) is 13.8. The highest BCUT2D eigenvalue weighted by Gasteiger charge is 2.15. The van der Waals surface area contributed by atoms with Crippen molar-refractivity contribution in [3.05, 3.63) is 0 Å². The minimum atomic E-state index is -0.820. The number of aliphatic carboxylic acids is 1. The lowest BCUT2D eigenvalue weighted by molar-refractivity contribution is -0.150. The van der Waals surface area contributed by atoms with Crippen LogP contribution in [0.15, 0.2) is 0 Å². The highest BCUT2D eigenvalue weighted by molar-refractivity contribution is 5.72. The quantitative estimate of drug-likeness (QED) is 0.422. The van der Waals surface area contributed by atoms with Gasteiger partial charge >= 0.3 is 5.97 Å². The minimum absolute atomic E-state index is 0.591. The largest absolute Gasteiger partial charge is 0.479 e. The molecular formula is C17H34O3. The van der Waals surface area contributed by atoms with Gasteiger partial charge in [-0.25, -0.2) is 4.79 Å². The van der Waals surface area contributed by atoms with Gasteiger partial charge in [-0.1, -0.05) is 78.1 Å². The first kappa shape index (κ1) is 19.4. The van der Waals surface area contributed by atoms with Crippen LogP contribution in [0.2, 0.25) is 0 Å². The molecule has 0 spiro atoms. The summed E-state index contributed by atoms with van der Waals surface area (Å²) in [6.45, 7) is 4.82. The first-order valence-corrected chi connectivity index (χ1v) is 8.56. The molecule has 1 atom stereocenters. The van der Waals surface area contributed by atoms with Crippen LogP contribution in [0.5, 0.6) is 0 Å². The van der Waals surface area contributed by atoms with Crippen LogP contribution in [0.25, 0.3) is 0 Å². The summed E-state index contributed by atoms with van der Waals surface area (Å²) in [5, 5.41) is 8.94. The van der Waals surface area contributed by atoms with Crippen molar-refractivity contribution in [2.75, 3.05) is 6.61 Å². The summed E-state index contributed by atoms with van der Waals surface area (Å²) in [5.74, 6) is -0.820. The van der Waals surface area contributed by atoms with E-state index in [9.17, 15) is 4.79 Å². The van der Waals surface area contributed by atoms with Crippen LogP contribution in [-0.2, 0) is 9.53 Å². The number of hydrogen-bond acceptors (Lipinski definition) is 2. The van der Waals surface area contributed by atoms with Crippen LogP contribution >= 0.6 is 0 Å². The van der Waals surface area contributed by atoms with Crippen molar-refractivity contribution in [3.8, 4) is 0 Å². The molecule has 0 saturated heterocycles. The zero-order valence-electron chi connectivity index (χ0n) is 13.5. The van der Waals surface area contributed by atoms with Gasteiger partial charge in [0.2, 0.25) is 0 Å². The predicted octanol–water partition coefficient (Wildman–Crippen LogP) is 5.18. The van der Waals surface area contributed by atoms with Crippen molar-refractivity contribution in [2.45, 2.75) is 97.0 Å². The molecule has 0 radical (unpaired) electrons. The molecule has 120 valence electrons. The minimum Gasteiger partial charge on any atom is -0.479 e. The third-order valence-electron chi connectivity index (χ3n) is 3.64. The van der Waals surface area contributed by atoms with Gasteiger partial charge in [-0.05, 0) is 12.8 Å². The number of carbonyl (C=O) groups is 1. The molecule has 3 nitrogen and oxygen atoms in total. The standard InChI is InChI=1S/C17H34O3/c1-3-5-6-7-8-9-10-11-12-13-15-20-16(14-4-2)17(18)19/h16H,3-15H2,1-2H3,(H,18,19). The van der Waals surface area contributed by atoms with Gasteiger partial charge in [-0.3, -0.25) is 0 Å². The van der Waals surface area contributed by atoms with E-state index in [4.69, 9.17) is 9.84 Å². The Bertz CT molecular complexity index is 216. The predicted molar refractivity (Wildman–Crippen MR) is 84.1 cm³/mol. The SMILES string of the molecule is CCCCCCCCCCCCOC(CCC)C(=O)O. The van der Waals surface area contributed by atoms with Crippen molar-refractivity contribution < 1.29 is 14.6 Å². The summed E-state index contributed by atoms with van der Waals surface area (Å²) < 4.78 is 5.42. The molecule has 20 heavy (non-hydrogen) atoms. The number of rotatable bonds is 15. The molecule has 0 aliphatic rings. The molecule has 1 unspecified atom stereocenters. The zero-order chi connectivity index (χ0) is 15.1. The van der Waals surface area contributed by atoms with Crippen LogP contribution in [-0.4, -0.2) is 23.8 Å². The first-order chi connectivity index (χ1) is 9.72. The average Bonchev–Trinajstić information content (AvgIpc) is 2.43. The number of carboxylic acids is 1. The Morgan fingerprint density at radius 1 is 0.850 bits per heavy atom. The number of unbranched alkanes of at least 4 members (excludes halogenated alkanes) is 9. The van der Waals surface area contributed by atoms with Crippen LogP contribution in [0.1, 0.15) is 90.9 Å². The van der Waals surface area contributed by atoms with Gasteiger partial charge in [0.25, 0.3) is 0 Å². The molecule has 3 heteroatoms. The van der Waals surface area contributed by atoms with Crippen molar-refractivity contribution in [3.63, 3.8) is 0 Å². The molecule has 0 aromatic carbocycles. The van der Waals surface area contributed by atoms with Gasteiger partial charge in [-0.15, -0.1) is 0 Å². The Kier molecular flexibility index (Phi) is 14.4. The van der Waals surface area contributed by atoms with E-state index in [0.29, 0.717) is 13.0 Å². The van der Waals surface area contributed by atoms with Gasteiger partial charge in [0.1, 0.15) is 0 Å². The maximum Gasteiger partial charge on any atom is 0.332 e. The Balaban J connectivity index is 3.25. The second-order valence-electron chi connectivity index (χ2n) is 5.67. The second-order valence-corrected chi connectivity index (χ2v) is 5.67. The molecule has 0 saturated carbocycles. The molecule has 0 aliphatic heterocycles. The van der Waals surface area contributed by atoms with E-state index in [2.05, 4.69) is 6.92 Å². The Morgan fingerprint density at radius 2 is 1.35 bits per heavy atom. The maximum absolute atomic E-state index is 10.9. The molecular weight excluding hydrogens is 252 g/mol. The number of hydrogen-bond donors (Lipinski definition) is 1. The van der Waals surface area contributed by atoms with E-state index in [0.717, 1.165) is 19.3 Å². The summed E-state index contributed by atoms with van der Waals surface area (Å²) in [4.78, 5) is 10.9. The van der Waals surface area contributed by atoms with Gasteiger partial charge in [0.05, 0.1) is 0 Å². The van der Waals surface area contributed by atoms with E-state index in [1.54, 1.807) is 0 Å². The third kappa shape index (κ3) is 12.5. The van der Waals surface area contributed by atoms with Crippen molar-refractivity contribution in [2.24, 2.45) is 0 Å². The highest BCUT2D eigenvalue weighted by Crippen LogP contribution is 2.11. The van der Waals surface area contributed by atoms with Gasteiger partial charge in [-0.2, -0.15) is 0 Å². The molecule has 0 aliphatic carbocycles. The van der Waals surface area contributed by atoms with Crippen LogP contribution < -0.4 is 0 Å². The highest BCUT2D eigenvalue weighted by atomic mass is 16.5. The Morgan fingerprint density at radius 3 is 1.80 bits per heavy atom. The first-order valence-electron chi connectivity index (χ1n) is 8.56. The monoisotopic (exact) mass is 286 g/mol. The van der Waals surface area contributed by atoms with E-state index < -0.39 is 12.1 Å². The normalized spacial score (nSPS) is 12.5. The fourth-order valence-electron chi connectivity index (χ4n) is 2.36. The van der Waals surface area contributed by atoms with Gasteiger partial charge in [0.15, 0.2) is 6.10 Å². The van der Waals surface area contributed by atoms with Crippen LogP contribution in [0, 0.1) is 0 Å². The van der Waals surface area contributed by atoms with Crippen LogP contribution in [0.3, 0.4) is 0 Å². The summed E-state index contributed by atoms with van der Waals surface area (Å²) in [7, 11) is 0. The molecule has 0 fully saturated rings. The second kappa shape index (κ2) is 14.8. The fraction of sp³-hybridized carbons (Fsp3) is 0.941. The lowest BCUT2D eigenvalue weighted by Crippen LogP contribution is -2.24. The lowest BCUT2D eigenvalue weighted by atomic mass is 10.1. The maximum atomic E-state index is 10.9. The van der Waals surface area contributed by atoms with Gasteiger partial charge in [0, 0.05) is 6.61 Å². The molecule has 1 N–H and O–H groups in total. The number of carboxylic acid groups (broad SMARTS) is 1.